The molecule has 0 unspecified atom stereocenters. The van der Waals surface area contributed by atoms with Crippen molar-refractivity contribution in [1.82, 2.24) is 0 Å². The third-order valence-electron chi connectivity index (χ3n) is 8.81. The number of carbonyl (C=O) groups excluding carboxylic acids is 3. The number of methoxy groups -OCH3 is 1. The minimum Gasteiger partial charge on any atom is -0.497 e. The van der Waals surface area contributed by atoms with Crippen LogP contribution in [0.15, 0.2) is 97.1 Å². The lowest BCUT2D eigenvalue weighted by Gasteiger charge is -2.37. The van der Waals surface area contributed by atoms with Crippen molar-refractivity contribution in [1.29, 1.82) is 0 Å². The number of hydrogen-bond donors (Lipinski definition) is 0. The molecule has 4 aromatic rings. The normalized spacial score (nSPS) is 21.5. The second kappa shape index (κ2) is 9.28. The summed E-state index contributed by atoms with van der Waals surface area (Å²) in [5, 5.41) is 0.530. The Labute approximate surface area is 243 Å². The van der Waals surface area contributed by atoms with Gasteiger partial charge in [-0.15, -0.1) is 0 Å². The van der Waals surface area contributed by atoms with Gasteiger partial charge in [-0.25, -0.2) is 0 Å². The quantitative estimate of drug-likeness (QED) is 0.199. The zero-order valence-electron chi connectivity index (χ0n) is 22.5. The van der Waals surface area contributed by atoms with Gasteiger partial charge < -0.3 is 9.64 Å². The lowest BCUT2D eigenvalue weighted by Crippen LogP contribution is -2.48. The maximum absolute atomic E-state index is 14.8. The van der Waals surface area contributed by atoms with Crippen LogP contribution in [0, 0.1) is 12.3 Å². The van der Waals surface area contributed by atoms with Gasteiger partial charge in [-0.3, -0.25) is 14.4 Å². The Kier molecular flexibility index (Phi) is 5.77. The monoisotopic (exact) mass is 559 g/mol. The lowest BCUT2D eigenvalue weighted by atomic mass is 9.64. The van der Waals surface area contributed by atoms with Gasteiger partial charge >= 0.3 is 0 Å². The first-order valence-corrected chi connectivity index (χ1v) is 13.9. The third kappa shape index (κ3) is 3.52. The van der Waals surface area contributed by atoms with Crippen LogP contribution >= 0.6 is 11.6 Å². The predicted molar refractivity (Wildman–Crippen MR) is 159 cm³/mol. The molecular formula is C35H26ClNO4. The highest BCUT2D eigenvalue weighted by atomic mass is 35.5. The molecule has 6 heteroatoms. The Morgan fingerprint density at radius 1 is 0.878 bits per heavy atom. The van der Waals surface area contributed by atoms with E-state index in [0.29, 0.717) is 33.0 Å². The molecule has 41 heavy (non-hydrogen) atoms. The van der Waals surface area contributed by atoms with Crippen molar-refractivity contribution in [3.05, 3.63) is 135 Å². The predicted octanol–water partition coefficient (Wildman–Crippen LogP) is 6.97. The molecule has 1 saturated heterocycles. The van der Waals surface area contributed by atoms with Crippen molar-refractivity contribution in [2.75, 3.05) is 12.0 Å². The molecule has 0 saturated carbocycles. The number of rotatable bonds is 4. The molecule has 7 rings (SSSR count). The number of benzene rings is 4. The summed E-state index contributed by atoms with van der Waals surface area (Å²) in [6.07, 6.45) is 3.91. The van der Waals surface area contributed by atoms with Crippen LogP contribution < -0.4 is 9.64 Å². The van der Waals surface area contributed by atoms with Gasteiger partial charge in [0, 0.05) is 33.3 Å². The van der Waals surface area contributed by atoms with Crippen molar-refractivity contribution in [2.45, 2.75) is 24.9 Å². The minimum atomic E-state index is -1.55. The highest BCUT2D eigenvalue weighted by molar-refractivity contribution is 6.32. The van der Waals surface area contributed by atoms with Crippen LogP contribution in [0.25, 0.3) is 6.08 Å². The Morgan fingerprint density at radius 2 is 1.59 bits per heavy atom. The van der Waals surface area contributed by atoms with Crippen LogP contribution in [-0.2, 0) is 0 Å². The summed E-state index contributed by atoms with van der Waals surface area (Å²) in [6, 6.07) is 25.7. The average Bonchev–Trinajstić information content (AvgIpc) is 3.43. The third-order valence-corrected chi connectivity index (χ3v) is 9.06. The SMILES string of the molecule is COc1cccc(C(=O)[C@@H]2[C@@H](c3ccc(Cl)cc3)C3(C(=O)c4ccccc4C3=O)[C@@H]3C=Cc4cc(C)ccc4N23)c1. The number of fused-ring (bicyclic) bond motifs is 5. The van der Waals surface area contributed by atoms with Gasteiger partial charge in [0.15, 0.2) is 17.3 Å². The van der Waals surface area contributed by atoms with E-state index in [1.165, 1.54) is 0 Å². The fraction of sp³-hybridized carbons (Fsp3) is 0.171. The number of carbonyl (C=O) groups is 3. The van der Waals surface area contributed by atoms with Crippen molar-refractivity contribution < 1.29 is 19.1 Å². The second-order valence-electron chi connectivity index (χ2n) is 10.9. The molecule has 2 heterocycles. The van der Waals surface area contributed by atoms with Gasteiger partial charge in [0.05, 0.1) is 13.2 Å². The largest absolute Gasteiger partial charge is 0.497 e. The first kappa shape index (κ1) is 25.5. The summed E-state index contributed by atoms with van der Waals surface area (Å²) in [4.78, 5) is 46.1. The molecule has 0 N–H and O–H groups in total. The summed E-state index contributed by atoms with van der Waals surface area (Å²) in [7, 11) is 1.56. The van der Waals surface area contributed by atoms with Gasteiger partial charge in [0.2, 0.25) is 0 Å². The summed E-state index contributed by atoms with van der Waals surface area (Å²) in [5.41, 5.74) is 3.23. The van der Waals surface area contributed by atoms with Crippen LogP contribution in [-0.4, -0.2) is 36.5 Å². The number of nitrogens with zero attached hydrogens (tertiary/aromatic N) is 1. The summed E-state index contributed by atoms with van der Waals surface area (Å²) >= 11 is 6.30. The Morgan fingerprint density at radius 3 is 2.27 bits per heavy atom. The molecular weight excluding hydrogens is 534 g/mol. The van der Waals surface area contributed by atoms with Crippen LogP contribution in [0.5, 0.6) is 5.75 Å². The smallest absolute Gasteiger partial charge is 0.186 e. The van der Waals surface area contributed by atoms with Gasteiger partial charge in [0.25, 0.3) is 0 Å². The standard InChI is InChI=1S/C35H26ClNO4/c1-20-10-16-28-22(18-20)13-17-29-35(33(39)26-8-3-4-9-27(26)34(35)40)30(21-11-14-24(36)15-12-21)31(37(28)29)32(38)23-6-5-7-25(19-23)41-2/h3-19,29-31H,1-2H3/t29-,30+,31-/m0/s1. The minimum absolute atomic E-state index is 0.191. The van der Waals surface area contributed by atoms with Crippen LogP contribution in [0.3, 0.4) is 0 Å². The van der Waals surface area contributed by atoms with Crippen LogP contribution in [0.1, 0.15) is 53.7 Å². The highest BCUT2D eigenvalue weighted by Gasteiger charge is 2.71. The van der Waals surface area contributed by atoms with E-state index in [-0.39, 0.29) is 17.3 Å². The molecule has 1 fully saturated rings. The Balaban J connectivity index is 1.54. The number of halogens is 1. The number of aryl methyl sites for hydroxylation is 1. The zero-order valence-corrected chi connectivity index (χ0v) is 23.3. The first-order chi connectivity index (χ1) is 19.9. The molecule has 3 aliphatic rings. The molecule has 0 bridgehead atoms. The number of ether oxygens (including phenoxy) is 1. The van der Waals surface area contributed by atoms with E-state index >= 15 is 0 Å². The fourth-order valence-electron chi connectivity index (χ4n) is 7.09. The van der Waals surface area contributed by atoms with E-state index in [2.05, 4.69) is 6.07 Å². The average molecular weight is 560 g/mol. The molecule has 1 aliphatic carbocycles. The second-order valence-corrected chi connectivity index (χ2v) is 11.4. The van der Waals surface area contributed by atoms with Gasteiger partial charge in [-0.1, -0.05) is 83.9 Å². The summed E-state index contributed by atoms with van der Waals surface area (Å²) in [6.45, 7) is 2.02. The van der Waals surface area contributed by atoms with E-state index in [0.717, 1.165) is 16.8 Å². The molecule has 0 radical (unpaired) electrons. The van der Waals surface area contributed by atoms with E-state index in [4.69, 9.17) is 16.3 Å². The van der Waals surface area contributed by atoms with Crippen LogP contribution in [0.2, 0.25) is 5.02 Å². The highest BCUT2D eigenvalue weighted by Crippen LogP contribution is 2.61. The Bertz CT molecular complexity index is 1760. The van der Waals surface area contributed by atoms with Gasteiger partial charge in [0.1, 0.15) is 17.2 Å². The molecule has 4 aromatic carbocycles. The molecule has 202 valence electrons. The van der Waals surface area contributed by atoms with Crippen LogP contribution in [0.4, 0.5) is 5.69 Å². The summed E-state index contributed by atoms with van der Waals surface area (Å²) < 4.78 is 5.44. The molecule has 5 nitrogen and oxygen atoms in total. The maximum Gasteiger partial charge on any atom is 0.186 e. The lowest BCUT2D eigenvalue weighted by molar-refractivity contribution is 0.0666. The molecule has 3 atom stereocenters. The molecule has 1 spiro atoms. The van der Waals surface area contributed by atoms with E-state index < -0.39 is 23.4 Å². The van der Waals surface area contributed by atoms with Crippen molar-refractivity contribution in [3.8, 4) is 5.75 Å². The van der Waals surface area contributed by atoms with Gasteiger partial charge in [-0.2, -0.15) is 0 Å². The topological polar surface area (TPSA) is 63.7 Å². The van der Waals surface area contributed by atoms with E-state index in [1.54, 1.807) is 67.8 Å². The summed E-state index contributed by atoms with van der Waals surface area (Å²) in [5.74, 6) is -0.932. The number of anilines is 1. The fourth-order valence-corrected chi connectivity index (χ4v) is 7.21. The molecule has 0 amide bonds. The number of hydrogen-bond acceptors (Lipinski definition) is 5. The maximum atomic E-state index is 14.8. The van der Waals surface area contributed by atoms with E-state index in [9.17, 15) is 14.4 Å². The van der Waals surface area contributed by atoms with Crippen molar-refractivity contribution in [3.63, 3.8) is 0 Å². The first-order valence-electron chi connectivity index (χ1n) is 13.6. The van der Waals surface area contributed by atoms with Crippen molar-refractivity contribution >= 4 is 40.7 Å². The molecule has 0 aromatic heterocycles. The number of ketones is 3. The molecule has 2 aliphatic heterocycles. The Hall–Kier alpha value is -4.48. The number of Topliss-reactive ketones (excluding diaryl/α,β-unsaturated/α-hetero) is 3. The zero-order chi connectivity index (χ0) is 28.5. The van der Waals surface area contributed by atoms with Crippen molar-refractivity contribution in [2.24, 2.45) is 5.41 Å². The van der Waals surface area contributed by atoms with Gasteiger partial charge in [-0.05, 0) is 54.4 Å². The van der Waals surface area contributed by atoms with E-state index in [1.807, 2.05) is 48.2 Å².